The summed E-state index contributed by atoms with van der Waals surface area (Å²) in [6.07, 6.45) is 2.90. The molecule has 0 spiro atoms. The summed E-state index contributed by atoms with van der Waals surface area (Å²) in [4.78, 5) is 31.4. The first kappa shape index (κ1) is 27.4. The van der Waals surface area contributed by atoms with Gasteiger partial charge in [0.05, 0.1) is 30.7 Å². The molecule has 4 heterocycles. The number of hydrogen-bond donors (Lipinski definition) is 1. The highest BCUT2D eigenvalue weighted by Crippen LogP contribution is 2.43. The maximum Gasteiger partial charge on any atom is 0.435 e. The summed E-state index contributed by atoms with van der Waals surface area (Å²) < 4.78 is 18.1. The summed E-state index contributed by atoms with van der Waals surface area (Å²) in [5.74, 6) is 1.21. The average molecular weight is 599 g/mol. The van der Waals surface area contributed by atoms with Crippen LogP contribution in [0.5, 0.6) is 11.5 Å². The van der Waals surface area contributed by atoms with Crippen molar-refractivity contribution in [1.82, 2.24) is 19.9 Å². The van der Waals surface area contributed by atoms with Crippen LogP contribution in [-0.4, -0.2) is 47.4 Å². The fourth-order valence-electron chi connectivity index (χ4n) is 4.67. The molecule has 1 amide bonds. The molecule has 10 nitrogen and oxygen atoms in total. The van der Waals surface area contributed by atoms with E-state index in [2.05, 4.69) is 15.4 Å². The van der Waals surface area contributed by atoms with Gasteiger partial charge >= 0.3 is 6.09 Å². The summed E-state index contributed by atoms with van der Waals surface area (Å²) in [5.41, 5.74) is 10.2. The zero-order valence-corrected chi connectivity index (χ0v) is 25.1. The Morgan fingerprint density at radius 2 is 1.31 bits per heavy atom. The number of hydrogen-bond acceptors (Lipinski definition) is 11. The van der Waals surface area contributed by atoms with Crippen LogP contribution >= 0.6 is 22.7 Å². The number of amides is 1. The number of ether oxygens (including phenoxy) is 3. The number of fused-ring (bicyclic) bond motifs is 2. The van der Waals surface area contributed by atoms with Crippen LogP contribution in [0.15, 0.2) is 60.9 Å². The van der Waals surface area contributed by atoms with Gasteiger partial charge in [0.1, 0.15) is 22.5 Å². The van der Waals surface area contributed by atoms with Gasteiger partial charge in [-0.15, -0.1) is 0 Å². The van der Waals surface area contributed by atoms with Crippen molar-refractivity contribution in [3.8, 4) is 33.8 Å². The molecule has 42 heavy (non-hydrogen) atoms. The van der Waals surface area contributed by atoms with E-state index in [0.717, 1.165) is 43.0 Å². The number of pyridine rings is 2. The summed E-state index contributed by atoms with van der Waals surface area (Å²) in [6.45, 7) is 3.89. The van der Waals surface area contributed by atoms with Crippen LogP contribution in [0.25, 0.3) is 42.7 Å². The summed E-state index contributed by atoms with van der Waals surface area (Å²) in [5, 5.41) is 2.08. The molecular weight excluding hydrogens is 573 g/mol. The molecule has 0 aliphatic carbocycles. The van der Waals surface area contributed by atoms with Gasteiger partial charge in [-0.25, -0.2) is 14.8 Å². The van der Waals surface area contributed by atoms with Crippen LogP contribution in [-0.2, 0) is 4.74 Å². The molecule has 212 valence electrons. The quantitative estimate of drug-likeness (QED) is 0.190. The second-order valence-corrected chi connectivity index (χ2v) is 11.3. The number of aryl methyl sites for hydroxylation is 2. The third kappa shape index (κ3) is 4.95. The van der Waals surface area contributed by atoms with Gasteiger partial charge in [0.15, 0.2) is 0 Å². The molecule has 1 N–H and O–H groups in total. The lowest BCUT2D eigenvalue weighted by Gasteiger charge is -2.17. The first-order valence-corrected chi connectivity index (χ1v) is 14.5. The Bertz CT molecular complexity index is 1950. The first-order valence-electron chi connectivity index (χ1n) is 12.9. The van der Waals surface area contributed by atoms with Gasteiger partial charge in [0, 0.05) is 34.9 Å². The molecule has 0 fully saturated rings. The van der Waals surface area contributed by atoms with Gasteiger partial charge in [-0.2, -0.15) is 5.01 Å². The van der Waals surface area contributed by atoms with Gasteiger partial charge in [0.25, 0.3) is 0 Å². The van der Waals surface area contributed by atoms with E-state index in [0.29, 0.717) is 32.8 Å². The Labute approximate surface area is 249 Å². The predicted molar refractivity (Wildman–Crippen MR) is 167 cm³/mol. The lowest BCUT2D eigenvalue weighted by Crippen LogP contribution is -2.36. The Hall–Kier alpha value is -4.81. The zero-order chi connectivity index (χ0) is 29.4. The van der Waals surface area contributed by atoms with Crippen molar-refractivity contribution in [3.05, 3.63) is 72.3 Å². The lowest BCUT2D eigenvalue weighted by molar-refractivity contribution is 0.180. The zero-order valence-electron chi connectivity index (χ0n) is 23.5. The van der Waals surface area contributed by atoms with E-state index in [9.17, 15) is 4.79 Å². The van der Waals surface area contributed by atoms with E-state index in [1.807, 2.05) is 62.4 Å². The van der Waals surface area contributed by atoms with E-state index < -0.39 is 6.09 Å². The topological polar surface area (TPSA) is 112 Å². The molecule has 0 saturated heterocycles. The van der Waals surface area contributed by atoms with Crippen molar-refractivity contribution in [1.29, 1.82) is 0 Å². The number of rotatable bonds is 7. The fourth-order valence-corrected chi connectivity index (χ4v) is 6.74. The maximum absolute atomic E-state index is 13.1. The van der Waals surface area contributed by atoms with E-state index in [4.69, 9.17) is 24.2 Å². The number of methoxy groups -OCH3 is 3. The van der Waals surface area contributed by atoms with Crippen molar-refractivity contribution >= 4 is 59.5 Å². The lowest BCUT2D eigenvalue weighted by atomic mass is 10.1. The molecule has 0 bridgehead atoms. The van der Waals surface area contributed by atoms with Crippen molar-refractivity contribution in [3.63, 3.8) is 0 Å². The summed E-state index contributed by atoms with van der Waals surface area (Å²) in [6, 6.07) is 15.7. The molecule has 0 saturated carbocycles. The number of nitrogens with zero attached hydrogens (tertiary/aromatic N) is 5. The molecule has 12 heteroatoms. The third-order valence-electron chi connectivity index (χ3n) is 6.61. The van der Waals surface area contributed by atoms with Gasteiger partial charge in [-0.3, -0.25) is 15.4 Å². The summed E-state index contributed by atoms with van der Waals surface area (Å²) in [7, 11) is 4.52. The number of nitrogens with one attached hydrogen (secondary N) is 1. The number of aromatic nitrogens is 4. The van der Waals surface area contributed by atoms with Crippen LogP contribution in [0, 0.1) is 13.8 Å². The van der Waals surface area contributed by atoms with Gasteiger partial charge in [0.2, 0.25) is 10.3 Å². The standard InChI is InChI=1S/C30H26N6O4S2/c1-16-14-18(10-12-31-16)20-6-8-22(38-3)24-26(20)41-28(33-24)35-36(30(37)40-5)29-34-25-23(39-4)9-7-21(27(25)42-29)19-11-13-32-17(2)15-19/h6-15H,1-5H3,(H,33,35). The predicted octanol–water partition coefficient (Wildman–Crippen LogP) is 7.26. The molecule has 4 aromatic heterocycles. The van der Waals surface area contributed by atoms with E-state index in [1.165, 1.54) is 34.8 Å². The van der Waals surface area contributed by atoms with Gasteiger partial charge in [-0.05, 0) is 73.5 Å². The largest absolute Gasteiger partial charge is 0.494 e. The second-order valence-electron chi connectivity index (χ2n) is 9.29. The SMILES string of the molecule is COC(=O)N(Nc1nc2c(OC)ccc(-c3ccnc(C)c3)c2s1)c1nc2c(OC)ccc(-c3ccnc(C)c3)c2s1. The minimum absolute atomic E-state index is 0.365. The van der Waals surface area contributed by atoms with Crippen molar-refractivity contribution in [2.75, 3.05) is 31.8 Å². The number of thiazole rings is 2. The van der Waals surface area contributed by atoms with Crippen molar-refractivity contribution < 1.29 is 19.0 Å². The highest BCUT2D eigenvalue weighted by Gasteiger charge is 2.25. The molecule has 0 aliphatic rings. The Balaban J connectivity index is 1.46. The Morgan fingerprint density at radius 3 is 1.83 bits per heavy atom. The molecule has 0 radical (unpaired) electrons. The molecule has 2 aromatic carbocycles. The number of carbonyl (C=O) groups excluding carboxylic acids is 1. The van der Waals surface area contributed by atoms with E-state index in [1.54, 1.807) is 26.6 Å². The molecule has 0 atom stereocenters. The number of benzene rings is 2. The molecule has 0 aliphatic heterocycles. The number of hydrazine groups is 1. The average Bonchev–Trinajstić information content (AvgIpc) is 3.63. The maximum atomic E-state index is 13.1. The Kier molecular flexibility index (Phi) is 7.31. The van der Waals surface area contributed by atoms with Crippen LogP contribution in [0.2, 0.25) is 0 Å². The Morgan fingerprint density at radius 1 is 0.762 bits per heavy atom. The third-order valence-corrected chi connectivity index (χ3v) is 8.68. The monoisotopic (exact) mass is 598 g/mol. The van der Waals surface area contributed by atoms with E-state index in [-0.39, 0.29) is 0 Å². The molecular formula is C30H26N6O4S2. The minimum atomic E-state index is -0.648. The smallest absolute Gasteiger partial charge is 0.435 e. The van der Waals surface area contributed by atoms with Crippen molar-refractivity contribution in [2.45, 2.75) is 13.8 Å². The van der Waals surface area contributed by atoms with Crippen LogP contribution < -0.4 is 19.9 Å². The highest BCUT2D eigenvalue weighted by atomic mass is 32.1. The van der Waals surface area contributed by atoms with Gasteiger partial charge < -0.3 is 14.2 Å². The minimum Gasteiger partial charge on any atom is -0.494 e. The first-order chi connectivity index (χ1) is 20.4. The fraction of sp³-hybridized carbons (Fsp3) is 0.167. The molecule has 6 aromatic rings. The molecule has 6 rings (SSSR count). The molecule has 0 unspecified atom stereocenters. The van der Waals surface area contributed by atoms with Crippen LogP contribution in [0.4, 0.5) is 15.1 Å². The normalized spacial score (nSPS) is 11.1. The van der Waals surface area contributed by atoms with Crippen LogP contribution in [0.1, 0.15) is 11.4 Å². The summed E-state index contributed by atoms with van der Waals surface area (Å²) >= 11 is 2.73. The van der Waals surface area contributed by atoms with E-state index >= 15 is 0 Å². The van der Waals surface area contributed by atoms with Crippen molar-refractivity contribution in [2.24, 2.45) is 0 Å². The van der Waals surface area contributed by atoms with Gasteiger partial charge in [-0.1, -0.05) is 22.7 Å². The number of anilines is 2. The highest BCUT2D eigenvalue weighted by molar-refractivity contribution is 7.23. The second kappa shape index (κ2) is 11.2. The van der Waals surface area contributed by atoms with Crippen LogP contribution in [0.3, 0.4) is 0 Å². The number of carbonyl (C=O) groups is 1.